The molecule has 0 fully saturated rings. The van der Waals surface area contributed by atoms with Crippen LogP contribution in [0.5, 0.6) is 0 Å². The summed E-state index contributed by atoms with van der Waals surface area (Å²) in [4.78, 5) is 2.01. The highest BCUT2D eigenvalue weighted by Crippen LogP contribution is 2.29. The molecule has 3 aromatic carbocycles. The fraction of sp³-hybridized carbons (Fsp3) is 0.0526. The van der Waals surface area contributed by atoms with E-state index in [1.54, 1.807) is 11.8 Å². The maximum absolute atomic E-state index is 12.0. The summed E-state index contributed by atoms with van der Waals surface area (Å²) in [6.45, 7) is 0. The standard InChI is InChI=1S/C12H10S.C7H5F3O3S/c1-3-7-11(8-4-1)13-12-9-5-2-6-10-12;8-7(9,10)5-1-3-6(4-2-5)14(11,12)13/h1-10H;1-4H,(H,11,12,13). The van der Waals surface area contributed by atoms with Crippen molar-refractivity contribution in [3.05, 3.63) is 90.5 Å². The SMILES string of the molecule is O=S(=O)(O)c1ccc(C(F)(F)F)cc1.c1ccc(Sc2ccccc2)cc1. The van der Waals surface area contributed by atoms with Crippen LogP contribution in [0, 0.1) is 0 Å². The zero-order valence-electron chi connectivity index (χ0n) is 13.8. The summed E-state index contributed by atoms with van der Waals surface area (Å²) in [6.07, 6.45) is -4.52. The lowest BCUT2D eigenvalue weighted by molar-refractivity contribution is -0.137. The van der Waals surface area contributed by atoms with Gasteiger partial charge in [0.25, 0.3) is 10.1 Å². The predicted molar refractivity (Wildman–Crippen MR) is 98.3 cm³/mol. The van der Waals surface area contributed by atoms with Gasteiger partial charge in [0.2, 0.25) is 0 Å². The first-order valence-electron chi connectivity index (χ1n) is 7.59. The average Bonchev–Trinajstić information content (AvgIpc) is 2.63. The third-order valence-electron chi connectivity index (χ3n) is 3.20. The van der Waals surface area contributed by atoms with Crippen LogP contribution in [0.4, 0.5) is 13.2 Å². The van der Waals surface area contributed by atoms with Crippen molar-refractivity contribution in [3.63, 3.8) is 0 Å². The molecule has 1 N–H and O–H groups in total. The van der Waals surface area contributed by atoms with E-state index in [-0.39, 0.29) is 0 Å². The molecule has 3 aromatic rings. The van der Waals surface area contributed by atoms with Crippen molar-refractivity contribution >= 4 is 21.9 Å². The molecule has 0 bridgehead atoms. The quantitative estimate of drug-likeness (QED) is 0.553. The first-order valence-corrected chi connectivity index (χ1v) is 9.84. The molecule has 0 radical (unpaired) electrons. The third-order valence-corrected chi connectivity index (χ3v) is 5.09. The molecule has 0 heterocycles. The lowest BCUT2D eigenvalue weighted by Crippen LogP contribution is -2.05. The van der Waals surface area contributed by atoms with Crippen molar-refractivity contribution in [1.82, 2.24) is 0 Å². The molecule has 8 heteroatoms. The van der Waals surface area contributed by atoms with Crippen LogP contribution < -0.4 is 0 Å². The highest BCUT2D eigenvalue weighted by Gasteiger charge is 2.30. The number of alkyl halides is 3. The lowest BCUT2D eigenvalue weighted by atomic mass is 10.2. The second kappa shape index (κ2) is 9.07. The van der Waals surface area contributed by atoms with Crippen molar-refractivity contribution in [2.75, 3.05) is 0 Å². The molecule has 27 heavy (non-hydrogen) atoms. The van der Waals surface area contributed by atoms with Gasteiger partial charge in [0, 0.05) is 9.79 Å². The average molecular weight is 412 g/mol. The molecule has 0 saturated carbocycles. The Hall–Kier alpha value is -2.29. The van der Waals surface area contributed by atoms with Gasteiger partial charge in [-0.3, -0.25) is 4.55 Å². The van der Waals surface area contributed by atoms with Gasteiger partial charge in [-0.05, 0) is 48.5 Å². The van der Waals surface area contributed by atoms with Crippen LogP contribution in [0.1, 0.15) is 5.56 Å². The molecule has 0 atom stereocenters. The molecule has 142 valence electrons. The molecule has 0 spiro atoms. The fourth-order valence-corrected chi connectivity index (χ4v) is 3.27. The van der Waals surface area contributed by atoms with E-state index in [0.29, 0.717) is 24.3 Å². The van der Waals surface area contributed by atoms with E-state index in [2.05, 4.69) is 48.5 Å². The molecule has 0 aromatic heterocycles. The van der Waals surface area contributed by atoms with Crippen LogP contribution in [0.2, 0.25) is 0 Å². The Morgan fingerprint density at radius 2 is 1.11 bits per heavy atom. The van der Waals surface area contributed by atoms with E-state index in [4.69, 9.17) is 4.55 Å². The van der Waals surface area contributed by atoms with Gasteiger partial charge >= 0.3 is 6.18 Å². The molecular weight excluding hydrogens is 397 g/mol. The molecule has 3 rings (SSSR count). The molecule has 3 nitrogen and oxygen atoms in total. The summed E-state index contributed by atoms with van der Waals surface area (Å²) in [5, 5.41) is 0. The van der Waals surface area contributed by atoms with Gasteiger partial charge in [0.1, 0.15) is 0 Å². The zero-order chi connectivity index (χ0) is 19.9. The summed E-state index contributed by atoms with van der Waals surface area (Å²) in [5.41, 5.74) is -0.968. The van der Waals surface area contributed by atoms with E-state index in [9.17, 15) is 21.6 Å². The van der Waals surface area contributed by atoms with Gasteiger partial charge in [-0.15, -0.1) is 0 Å². The van der Waals surface area contributed by atoms with Crippen molar-refractivity contribution in [1.29, 1.82) is 0 Å². The smallest absolute Gasteiger partial charge is 0.282 e. The van der Waals surface area contributed by atoms with Gasteiger partial charge < -0.3 is 0 Å². The summed E-state index contributed by atoms with van der Waals surface area (Å²) in [6, 6.07) is 23.4. The van der Waals surface area contributed by atoms with Crippen LogP contribution in [0.3, 0.4) is 0 Å². The van der Waals surface area contributed by atoms with E-state index < -0.39 is 26.8 Å². The van der Waals surface area contributed by atoms with E-state index in [1.807, 2.05) is 12.1 Å². The van der Waals surface area contributed by atoms with Crippen LogP contribution in [0.15, 0.2) is 99.6 Å². The Morgan fingerprint density at radius 1 is 0.704 bits per heavy atom. The molecule has 0 amide bonds. The van der Waals surface area contributed by atoms with Crippen molar-refractivity contribution < 1.29 is 26.1 Å². The van der Waals surface area contributed by atoms with Crippen LogP contribution in [-0.4, -0.2) is 13.0 Å². The maximum Gasteiger partial charge on any atom is 0.416 e. The minimum absolute atomic E-state index is 0.564. The number of benzene rings is 3. The lowest BCUT2D eigenvalue weighted by Gasteiger charge is -2.05. The van der Waals surface area contributed by atoms with Crippen LogP contribution >= 0.6 is 11.8 Å². The predicted octanol–water partition coefficient (Wildman–Crippen LogP) is 5.79. The van der Waals surface area contributed by atoms with Gasteiger partial charge in [-0.2, -0.15) is 21.6 Å². The Kier molecular flexibility index (Phi) is 7.06. The molecule has 0 aliphatic rings. The number of halogens is 3. The monoisotopic (exact) mass is 412 g/mol. The Labute approximate surface area is 159 Å². The van der Waals surface area contributed by atoms with Gasteiger partial charge in [-0.25, -0.2) is 0 Å². The summed E-state index contributed by atoms with van der Waals surface area (Å²) in [7, 11) is -4.43. The minimum atomic E-state index is -4.52. The largest absolute Gasteiger partial charge is 0.416 e. The second-order valence-corrected chi connectivity index (χ2v) is 7.79. The van der Waals surface area contributed by atoms with Gasteiger partial charge in [-0.1, -0.05) is 48.2 Å². The number of hydrogen-bond donors (Lipinski definition) is 1. The van der Waals surface area contributed by atoms with Gasteiger partial charge in [0.15, 0.2) is 0 Å². The molecule has 0 unspecified atom stereocenters. The summed E-state index contributed by atoms with van der Waals surface area (Å²) in [5.74, 6) is 0. The van der Waals surface area contributed by atoms with Gasteiger partial charge in [0.05, 0.1) is 10.5 Å². The number of hydrogen-bond acceptors (Lipinski definition) is 3. The topological polar surface area (TPSA) is 54.4 Å². The van der Waals surface area contributed by atoms with Crippen LogP contribution in [-0.2, 0) is 16.3 Å². The normalized spacial score (nSPS) is 11.4. The van der Waals surface area contributed by atoms with E-state index >= 15 is 0 Å². The molecule has 0 aliphatic carbocycles. The summed E-state index contributed by atoms with van der Waals surface area (Å²) < 4.78 is 65.4. The Morgan fingerprint density at radius 3 is 1.44 bits per heavy atom. The number of rotatable bonds is 3. The summed E-state index contributed by atoms with van der Waals surface area (Å²) >= 11 is 1.79. The Bertz CT molecular complexity index is 903. The molecular formula is C19H15F3O3S2. The molecule has 0 saturated heterocycles. The first-order chi connectivity index (χ1) is 12.7. The maximum atomic E-state index is 12.0. The second-order valence-electron chi connectivity index (χ2n) is 5.23. The fourth-order valence-electron chi connectivity index (χ4n) is 1.93. The van der Waals surface area contributed by atoms with Crippen molar-refractivity contribution in [2.24, 2.45) is 0 Å². The van der Waals surface area contributed by atoms with E-state index in [0.717, 1.165) is 0 Å². The van der Waals surface area contributed by atoms with Crippen molar-refractivity contribution in [3.8, 4) is 0 Å². The highest BCUT2D eigenvalue weighted by molar-refractivity contribution is 7.99. The first kappa shape index (κ1) is 21.0. The molecule has 0 aliphatic heterocycles. The third kappa shape index (κ3) is 7.09. The highest BCUT2D eigenvalue weighted by atomic mass is 32.2. The van der Waals surface area contributed by atoms with Crippen LogP contribution in [0.25, 0.3) is 0 Å². The Balaban J connectivity index is 0.000000194. The van der Waals surface area contributed by atoms with Crippen molar-refractivity contribution in [2.45, 2.75) is 20.9 Å². The minimum Gasteiger partial charge on any atom is -0.282 e. The zero-order valence-corrected chi connectivity index (χ0v) is 15.4. The van der Waals surface area contributed by atoms with E-state index in [1.165, 1.54) is 9.79 Å².